The Hall–Kier alpha value is -1.59. The zero-order chi connectivity index (χ0) is 14.7. The molecule has 1 aliphatic heterocycles. The molecule has 0 bridgehead atoms. The lowest BCUT2D eigenvalue weighted by molar-refractivity contribution is -0.131. The summed E-state index contributed by atoms with van der Waals surface area (Å²) in [6, 6.07) is 9.50. The number of carbonyl (C=O) groups excluding carboxylic acids is 1. The number of amides is 1. The fraction of sp³-hybridized carbons (Fsp3) is 0.333. The van der Waals surface area contributed by atoms with Gasteiger partial charge in [0.05, 0.1) is 0 Å². The Balaban J connectivity index is 1.60. The zero-order valence-corrected chi connectivity index (χ0v) is 13.1. The first-order chi connectivity index (χ1) is 10.3. The topological polar surface area (TPSA) is 36.4 Å². The number of rotatable bonds is 3. The maximum atomic E-state index is 12.5. The Kier molecular flexibility index (Phi) is 4.41. The number of hydrogen-bond acceptors (Lipinski definition) is 4. The molecule has 1 fully saturated rings. The van der Waals surface area contributed by atoms with E-state index in [0.717, 1.165) is 23.8 Å². The van der Waals surface area contributed by atoms with Gasteiger partial charge in [0.2, 0.25) is 5.91 Å². The van der Waals surface area contributed by atoms with Crippen LogP contribution in [0.3, 0.4) is 0 Å². The van der Waals surface area contributed by atoms with E-state index in [1.165, 1.54) is 0 Å². The Morgan fingerprint density at radius 1 is 1.19 bits per heavy atom. The van der Waals surface area contributed by atoms with Crippen LogP contribution in [-0.2, 0) is 4.79 Å². The molecule has 1 aliphatic rings. The normalized spacial score (nSPS) is 16.8. The van der Waals surface area contributed by atoms with Crippen molar-refractivity contribution < 1.29 is 4.79 Å². The van der Waals surface area contributed by atoms with Gasteiger partial charge in [-0.15, -0.1) is 22.9 Å². The molecule has 1 amide bonds. The molecule has 0 radical (unpaired) electrons. The molecule has 1 aromatic carbocycles. The van der Waals surface area contributed by atoms with Gasteiger partial charge >= 0.3 is 0 Å². The Labute approximate surface area is 133 Å². The molecule has 2 heterocycles. The van der Waals surface area contributed by atoms with E-state index in [0.29, 0.717) is 13.1 Å². The number of carbonyl (C=O) groups is 1. The van der Waals surface area contributed by atoms with E-state index in [2.05, 4.69) is 9.88 Å². The summed E-state index contributed by atoms with van der Waals surface area (Å²) in [5.41, 5.74) is 0.853. The molecule has 3 rings (SSSR count). The lowest BCUT2D eigenvalue weighted by atomic mass is 10.1. The second kappa shape index (κ2) is 6.45. The first kappa shape index (κ1) is 14.4. The van der Waals surface area contributed by atoms with E-state index >= 15 is 0 Å². The van der Waals surface area contributed by atoms with Gasteiger partial charge in [-0.1, -0.05) is 30.3 Å². The summed E-state index contributed by atoms with van der Waals surface area (Å²) < 4.78 is 0. The quantitative estimate of drug-likeness (QED) is 0.816. The van der Waals surface area contributed by atoms with Gasteiger partial charge in [0.1, 0.15) is 5.38 Å². The number of nitrogens with zero attached hydrogens (tertiary/aromatic N) is 3. The van der Waals surface area contributed by atoms with Crippen LogP contribution in [0.5, 0.6) is 0 Å². The average Bonchev–Trinajstić information content (AvgIpc) is 3.09. The van der Waals surface area contributed by atoms with Gasteiger partial charge in [-0.2, -0.15) is 0 Å². The van der Waals surface area contributed by atoms with E-state index in [1.807, 2.05) is 46.8 Å². The largest absolute Gasteiger partial charge is 0.345 e. The molecule has 6 heteroatoms. The van der Waals surface area contributed by atoms with E-state index in [4.69, 9.17) is 11.6 Å². The van der Waals surface area contributed by atoms with E-state index in [-0.39, 0.29) is 5.91 Å². The van der Waals surface area contributed by atoms with E-state index < -0.39 is 5.38 Å². The molecule has 1 aromatic heterocycles. The molecular formula is C15H16ClN3OS. The lowest BCUT2D eigenvalue weighted by Crippen LogP contribution is -2.49. The summed E-state index contributed by atoms with van der Waals surface area (Å²) in [4.78, 5) is 20.8. The standard InChI is InChI=1S/C15H16ClN3OS/c16-13(12-4-2-1-3-5-12)14(20)18-7-9-19(10-8-18)15-17-6-11-21-15/h1-6,11,13H,7-10H2. The van der Waals surface area contributed by atoms with Crippen molar-refractivity contribution in [2.24, 2.45) is 0 Å². The van der Waals surface area contributed by atoms with Crippen molar-refractivity contribution >= 4 is 34.0 Å². The van der Waals surface area contributed by atoms with Crippen LogP contribution in [0.15, 0.2) is 41.9 Å². The van der Waals surface area contributed by atoms with Crippen molar-refractivity contribution in [3.8, 4) is 0 Å². The third-order valence-corrected chi connectivity index (χ3v) is 4.86. The number of hydrogen-bond donors (Lipinski definition) is 0. The minimum Gasteiger partial charge on any atom is -0.345 e. The fourth-order valence-electron chi connectivity index (χ4n) is 2.42. The summed E-state index contributed by atoms with van der Waals surface area (Å²) in [6.07, 6.45) is 1.81. The van der Waals surface area contributed by atoms with E-state index in [9.17, 15) is 4.79 Å². The summed E-state index contributed by atoms with van der Waals surface area (Å²) in [7, 11) is 0. The molecule has 0 saturated carbocycles. The first-order valence-electron chi connectivity index (χ1n) is 6.88. The number of alkyl halides is 1. The van der Waals surface area contributed by atoms with Gasteiger partial charge in [0.25, 0.3) is 0 Å². The number of aromatic nitrogens is 1. The molecule has 0 N–H and O–H groups in total. The van der Waals surface area contributed by atoms with Gasteiger partial charge in [0, 0.05) is 37.8 Å². The highest BCUT2D eigenvalue weighted by Gasteiger charge is 2.27. The number of thiazole rings is 1. The summed E-state index contributed by atoms with van der Waals surface area (Å²) in [6.45, 7) is 2.98. The molecule has 4 nitrogen and oxygen atoms in total. The van der Waals surface area contributed by atoms with Crippen molar-refractivity contribution in [1.29, 1.82) is 0 Å². The third kappa shape index (κ3) is 3.19. The van der Waals surface area contributed by atoms with Crippen LogP contribution in [0.25, 0.3) is 0 Å². The van der Waals surface area contributed by atoms with Gasteiger partial charge in [-0.25, -0.2) is 4.98 Å². The van der Waals surface area contributed by atoms with Crippen LogP contribution in [0.2, 0.25) is 0 Å². The molecule has 1 atom stereocenters. The maximum Gasteiger partial charge on any atom is 0.245 e. The van der Waals surface area contributed by atoms with Crippen LogP contribution in [0.1, 0.15) is 10.9 Å². The van der Waals surface area contributed by atoms with Crippen LogP contribution in [0.4, 0.5) is 5.13 Å². The highest BCUT2D eigenvalue weighted by Crippen LogP contribution is 2.24. The predicted octanol–water partition coefficient (Wildman–Crippen LogP) is 2.77. The van der Waals surface area contributed by atoms with Crippen LogP contribution < -0.4 is 4.90 Å². The highest BCUT2D eigenvalue weighted by molar-refractivity contribution is 7.13. The maximum absolute atomic E-state index is 12.5. The fourth-order valence-corrected chi connectivity index (χ4v) is 3.40. The first-order valence-corrected chi connectivity index (χ1v) is 8.19. The molecule has 1 saturated heterocycles. The minimum atomic E-state index is -0.599. The number of anilines is 1. The Bertz CT molecular complexity index is 582. The van der Waals surface area contributed by atoms with Gasteiger partial charge < -0.3 is 9.80 Å². The number of halogens is 1. The Morgan fingerprint density at radius 2 is 1.90 bits per heavy atom. The lowest BCUT2D eigenvalue weighted by Gasteiger charge is -2.35. The minimum absolute atomic E-state index is 0.0124. The second-order valence-corrected chi connectivity index (χ2v) is 6.21. The van der Waals surface area contributed by atoms with Crippen molar-refractivity contribution in [3.63, 3.8) is 0 Å². The van der Waals surface area contributed by atoms with Crippen molar-refractivity contribution in [1.82, 2.24) is 9.88 Å². The van der Waals surface area contributed by atoms with Gasteiger partial charge in [-0.3, -0.25) is 4.79 Å². The number of benzene rings is 1. The molecule has 0 aliphatic carbocycles. The summed E-state index contributed by atoms with van der Waals surface area (Å²) >= 11 is 7.94. The molecule has 110 valence electrons. The molecule has 2 aromatic rings. The van der Waals surface area contributed by atoms with Crippen molar-refractivity contribution in [3.05, 3.63) is 47.5 Å². The van der Waals surface area contributed by atoms with Crippen LogP contribution in [0, 0.1) is 0 Å². The van der Waals surface area contributed by atoms with Crippen LogP contribution in [-0.4, -0.2) is 42.0 Å². The monoisotopic (exact) mass is 321 g/mol. The molecular weight excluding hydrogens is 306 g/mol. The molecule has 0 spiro atoms. The third-order valence-electron chi connectivity index (χ3n) is 3.59. The van der Waals surface area contributed by atoms with Gasteiger partial charge in [-0.05, 0) is 5.56 Å². The SMILES string of the molecule is O=C(C(Cl)c1ccccc1)N1CCN(c2nccs2)CC1. The molecule has 1 unspecified atom stereocenters. The van der Waals surface area contributed by atoms with Gasteiger partial charge in [0.15, 0.2) is 5.13 Å². The second-order valence-electron chi connectivity index (χ2n) is 4.90. The van der Waals surface area contributed by atoms with E-state index in [1.54, 1.807) is 11.3 Å². The Morgan fingerprint density at radius 3 is 2.52 bits per heavy atom. The zero-order valence-electron chi connectivity index (χ0n) is 11.5. The van der Waals surface area contributed by atoms with Crippen molar-refractivity contribution in [2.45, 2.75) is 5.38 Å². The van der Waals surface area contributed by atoms with Crippen molar-refractivity contribution in [2.75, 3.05) is 31.1 Å². The van der Waals surface area contributed by atoms with Crippen LogP contribution >= 0.6 is 22.9 Å². The highest BCUT2D eigenvalue weighted by atomic mass is 35.5. The molecule has 21 heavy (non-hydrogen) atoms. The summed E-state index contributed by atoms with van der Waals surface area (Å²) in [5.74, 6) is -0.0124. The average molecular weight is 322 g/mol. The smallest absolute Gasteiger partial charge is 0.245 e. The summed E-state index contributed by atoms with van der Waals surface area (Å²) in [5, 5.41) is 2.39. The predicted molar refractivity (Wildman–Crippen MR) is 85.9 cm³/mol. The number of piperazine rings is 1.